The highest BCUT2D eigenvalue weighted by Gasteiger charge is 2.31. The number of rotatable bonds is 8. The molecular weight excluding hydrogens is 386 g/mol. The van der Waals surface area contributed by atoms with Crippen molar-refractivity contribution >= 4 is 15.7 Å². The van der Waals surface area contributed by atoms with Gasteiger partial charge in [-0.05, 0) is 43.4 Å². The molecular formula is C23H29NO4S. The molecule has 1 aliphatic heterocycles. The summed E-state index contributed by atoms with van der Waals surface area (Å²) in [6.45, 7) is 3.54. The summed E-state index contributed by atoms with van der Waals surface area (Å²) in [7, 11) is -3.21. The second-order valence-electron chi connectivity index (χ2n) is 7.41. The van der Waals surface area contributed by atoms with Crippen LogP contribution < -0.4 is 4.74 Å². The van der Waals surface area contributed by atoms with Gasteiger partial charge in [-0.1, -0.05) is 48.5 Å². The third-order valence-corrected chi connectivity index (χ3v) is 7.62. The van der Waals surface area contributed by atoms with Gasteiger partial charge >= 0.3 is 0 Å². The van der Waals surface area contributed by atoms with E-state index < -0.39 is 9.84 Å². The Bertz CT molecular complexity index is 903. The molecule has 0 N–H and O–H groups in total. The van der Waals surface area contributed by atoms with Crippen LogP contribution in [-0.2, 0) is 26.8 Å². The van der Waals surface area contributed by atoms with Crippen LogP contribution in [-0.4, -0.2) is 44.2 Å². The summed E-state index contributed by atoms with van der Waals surface area (Å²) in [5.74, 6) is 0.976. The van der Waals surface area contributed by atoms with E-state index in [9.17, 15) is 13.2 Å². The van der Waals surface area contributed by atoms with Crippen LogP contribution in [0.2, 0.25) is 0 Å². The summed E-state index contributed by atoms with van der Waals surface area (Å²) in [5.41, 5.74) is 1.85. The Labute approximate surface area is 173 Å². The normalized spacial score (nSPS) is 15.3. The minimum absolute atomic E-state index is 0.0701. The molecule has 156 valence electrons. The Morgan fingerprint density at radius 2 is 1.69 bits per heavy atom. The lowest BCUT2D eigenvalue weighted by atomic mass is 10.1. The molecule has 0 unspecified atom stereocenters. The standard InChI is InChI=1S/C23H29NO4S/c1-2-28-22-11-7-6-10-20(22)12-13-23(25)24-16-14-21(15-17-24)29(26,27)18-19-8-4-3-5-9-19/h3-11,21H,2,12-18H2,1H3. The van der Waals surface area contributed by atoms with Crippen molar-refractivity contribution in [3.05, 3.63) is 65.7 Å². The second kappa shape index (κ2) is 9.92. The highest BCUT2D eigenvalue weighted by atomic mass is 32.2. The number of likely N-dealkylation sites (tertiary alicyclic amines) is 1. The predicted molar refractivity (Wildman–Crippen MR) is 115 cm³/mol. The lowest BCUT2D eigenvalue weighted by molar-refractivity contribution is -0.132. The summed E-state index contributed by atoms with van der Waals surface area (Å²) in [4.78, 5) is 14.4. The molecule has 1 fully saturated rings. The first-order valence-electron chi connectivity index (χ1n) is 10.2. The number of hydrogen-bond acceptors (Lipinski definition) is 4. The molecule has 1 amide bonds. The Morgan fingerprint density at radius 1 is 1.03 bits per heavy atom. The zero-order valence-corrected chi connectivity index (χ0v) is 17.7. The molecule has 5 nitrogen and oxygen atoms in total. The van der Waals surface area contributed by atoms with Crippen LogP contribution in [0.5, 0.6) is 5.75 Å². The van der Waals surface area contributed by atoms with Crippen molar-refractivity contribution < 1.29 is 17.9 Å². The van der Waals surface area contributed by atoms with E-state index in [1.54, 1.807) is 4.90 Å². The first-order chi connectivity index (χ1) is 14.0. The van der Waals surface area contributed by atoms with Gasteiger partial charge in [-0.3, -0.25) is 4.79 Å². The van der Waals surface area contributed by atoms with Crippen molar-refractivity contribution in [2.45, 2.75) is 43.6 Å². The number of carbonyl (C=O) groups is 1. The largest absolute Gasteiger partial charge is 0.494 e. The second-order valence-corrected chi connectivity index (χ2v) is 9.69. The van der Waals surface area contributed by atoms with Crippen molar-refractivity contribution in [3.63, 3.8) is 0 Å². The topological polar surface area (TPSA) is 63.7 Å². The van der Waals surface area contributed by atoms with Crippen LogP contribution in [0.25, 0.3) is 0 Å². The number of para-hydroxylation sites is 1. The van der Waals surface area contributed by atoms with Gasteiger partial charge in [0.1, 0.15) is 5.75 Å². The maximum Gasteiger partial charge on any atom is 0.222 e. The molecule has 0 atom stereocenters. The molecule has 0 aliphatic carbocycles. The number of piperidine rings is 1. The van der Waals surface area contributed by atoms with Crippen LogP contribution in [0.3, 0.4) is 0 Å². The average molecular weight is 416 g/mol. The summed E-state index contributed by atoms with van der Waals surface area (Å²) in [5, 5.41) is -0.370. The van der Waals surface area contributed by atoms with Gasteiger partial charge in [-0.25, -0.2) is 8.42 Å². The van der Waals surface area contributed by atoms with Gasteiger partial charge in [0.05, 0.1) is 17.6 Å². The van der Waals surface area contributed by atoms with Crippen molar-refractivity contribution in [2.75, 3.05) is 19.7 Å². The molecule has 29 heavy (non-hydrogen) atoms. The Hall–Kier alpha value is -2.34. The van der Waals surface area contributed by atoms with Crippen molar-refractivity contribution in [1.29, 1.82) is 0 Å². The fourth-order valence-corrected chi connectivity index (χ4v) is 5.62. The number of nitrogens with zero attached hydrogens (tertiary/aromatic N) is 1. The van der Waals surface area contributed by atoms with Gasteiger partial charge in [-0.15, -0.1) is 0 Å². The summed E-state index contributed by atoms with van der Waals surface area (Å²) in [6.07, 6.45) is 2.06. The molecule has 0 aromatic heterocycles. The highest BCUT2D eigenvalue weighted by Crippen LogP contribution is 2.23. The summed E-state index contributed by atoms with van der Waals surface area (Å²) < 4.78 is 31.1. The smallest absolute Gasteiger partial charge is 0.222 e. The van der Waals surface area contributed by atoms with E-state index in [4.69, 9.17) is 4.74 Å². The third-order valence-electron chi connectivity index (χ3n) is 5.39. The van der Waals surface area contributed by atoms with Crippen LogP contribution in [0.15, 0.2) is 54.6 Å². The maximum absolute atomic E-state index is 12.7. The number of benzene rings is 2. The minimum atomic E-state index is -3.21. The molecule has 0 saturated carbocycles. The van der Waals surface area contributed by atoms with E-state index in [-0.39, 0.29) is 16.9 Å². The number of sulfone groups is 1. The van der Waals surface area contributed by atoms with Gasteiger partial charge in [0.2, 0.25) is 5.91 Å². The van der Waals surface area contributed by atoms with Crippen LogP contribution >= 0.6 is 0 Å². The molecule has 1 aliphatic rings. The fourth-order valence-electron chi connectivity index (χ4n) is 3.80. The van der Waals surface area contributed by atoms with E-state index >= 15 is 0 Å². The monoisotopic (exact) mass is 415 g/mol. The lowest BCUT2D eigenvalue weighted by Gasteiger charge is -2.32. The Balaban J connectivity index is 1.51. The number of hydrogen-bond donors (Lipinski definition) is 0. The zero-order chi connectivity index (χ0) is 20.7. The Kier molecular flexibility index (Phi) is 7.31. The maximum atomic E-state index is 12.7. The number of carbonyl (C=O) groups excluding carboxylic acids is 1. The lowest BCUT2D eigenvalue weighted by Crippen LogP contribution is -2.42. The van der Waals surface area contributed by atoms with E-state index in [2.05, 4.69) is 0 Å². The average Bonchev–Trinajstić information content (AvgIpc) is 2.73. The van der Waals surface area contributed by atoms with Gasteiger partial charge in [0.25, 0.3) is 0 Å². The Morgan fingerprint density at radius 3 is 2.38 bits per heavy atom. The molecule has 6 heteroatoms. The fraction of sp³-hybridized carbons (Fsp3) is 0.435. The number of aryl methyl sites for hydroxylation is 1. The minimum Gasteiger partial charge on any atom is -0.494 e. The number of ether oxygens (including phenoxy) is 1. The predicted octanol–water partition coefficient (Wildman–Crippen LogP) is 3.62. The molecule has 0 radical (unpaired) electrons. The quantitative estimate of drug-likeness (QED) is 0.661. The first kappa shape index (κ1) is 21.4. The molecule has 2 aromatic carbocycles. The molecule has 0 bridgehead atoms. The van der Waals surface area contributed by atoms with Gasteiger partial charge in [0, 0.05) is 19.5 Å². The molecule has 1 saturated heterocycles. The first-order valence-corrected chi connectivity index (χ1v) is 11.9. The number of amides is 1. The van der Waals surface area contributed by atoms with Gasteiger partial charge in [0.15, 0.2) is 9.84 Å². The van der Waals surface area contributed by atoms with E-state index in [1.165, 1.54) is 0 Å². The van der Waals surface area contributed by atoms with E-state index in [0.717, 1.165) is 16.9 Å². The SMILES string of the molecule is CCOc1ccccc1CCC(=O)N1CCC(S(=O)(=O)Cc2ccccc2)CC1. The summed E-state index contributed by atoms with van der Waals surface area (Å²) >= 11 is 0. The third kappa shape index (κ3) is 5.82. The van der Waals surface area contributed by atoms with Crippen LogP contribution in [0.4, 0.5) is 0 Å². The van der Waals surface area contributed by atoms with E-state index in [0.29, 0.717) is 45.4 Å². The van der Waals surface area contributed by atoms with Crippen LogP contribution in [0, 0.1) is 0 Å². The van der Waals surface area contributed by atoms with Crippen molar-refractivity contribution in [3.8, 4) is 5.75 Å². The van der Waals surface area contributed by atoms with E-state index in [1.807, 2.05) is 61.5 Å². The summed E-state index contributed by atoms with van der Waals surface area (Å²) in [6, 6.07) is 17.1. The van der Waals surface area contributed by atoms with Crippen molar-refractivity contribution in [2.24, 2.45) is 0 Å². The molecule has 0 spiro atoms. The van der Waals surface area contributed by atoms with Gasteiger partial charge in [-0.2, -0.15) is 0 Å². The van der Waals surface area contributed by atoms with Crippen molar-refractivity contribution in [1.82, 2.24) is 4.90 Å². The molecule has 3 rings (SSSR count). The van der Waals surface area contributed by atoms with Gasteiger partial charge < -0.3 is 9.64 Å². The zero-order valence-electron chi connectivity index (χ0n) is 16.9. The molecule has 2 aromatic rings. The van der Waals surface area contributed by atoms with Crippen LogP contribution in [0.1, 0.15) is 37.3 Å². The highest BCUT2D eigenvalue weighted by molar-refractivity contribution is 7.91. The molecule has 1 heterocycles.